The van der Waals surface area contributed by atoms with Crippen LogP contribution in [-0.2, 0) is 9.59 Å². The van der Waals surface area contributed by atoms with Gasteiger partial charge < -0.3 is 0 Å². The van der Waals surface area contributed by atoms with E-state index in [1.165, 1.54) is 11.8 Å². The second kappa shape index (κ2) is 11.2. The van der Waals surface area contributed by atoms with E-state index in [-0.39, 0.29) is 17.7 Å². The number of thioether (sulfide) groups is 1. The lowest BCUT2D eigenvalue weighted by Gasteiger charge is -2.14. The molecule has 0 spiro atoms. The molecular formula is C22H23N3O3S3. The van der Waals surface area contributed by atoms with Crippen molar-refractivity contribution in [1.29, 1.82) is 0 Å². The quantitative estimate of drug-likeness (QED) is 0.259. The third-order valence-corrected chi connectivity index (χ3v) is 6.80. The highest BCUT2D eigenvalue weighted by Gasteiger charge is 2.31. The Morgan fingerprint density at radius 2 is 1.87 bits per heavy atom. The first-order valence-corrected chi connectivity index (χ1v) is 12.0. The summed E-state index contributed by atoms with van der Waals surface area (Å²) < 4.78 is 0.573. The third-order valence-electron chi connectivity index (χ3n) is 4.60. The highest BCUT2D eigenvalue weighted by Crippen LogP contribution is 2.33. The Morgan fingerprint density at radius 1 is 1.10 bits per heavy atom. The molecule has 31 heavy (non-hydrogen) atoms. The van der Waals surface area contributed by atoms with Gasteiger partial charge in [0.25, 0.3) is 11.8 Å². The van der Waals surface area contributed by atoms with Crippen LogP contribution in [-0.4, -0.2) is 33.5 Å². The molecule has 1 aromatic heterocycles. The normalized spacial score (nSPS) is 14.9. The zero-order chi connectivity index (χ0) is 22.2. The zero-order valence-electron chi connectivity index (χ0n) is 17.1. The van der Waals surface area contributed by atoms with Crippen molar-refractivity contribution in [2.75, 3.05) is 6.54 Å². The summed E-state index contributed by atoms with van der Waals surface area (Å²) in [5.74, 6) is -0.650. The van der Waals surface area contributed by atoms with Gasteiger partial charge in [0.15, 0.2) is 0 Å². The SMILES string of the molecule is Cc1ccc(C(=O)NNC(=O)CCCCCN2C(=O)/C(=C\c3cccs3)SC2=S)cc1. The number of carbonyl (C=O) groups is 3. The molecule has 3 rings (SSSR count). The van der Waals surface area contributed by atoms with Crippen LogP contribution in [0.15, 0.2) is 46.7 Å². The number of aryl methyl sites for hydroxylation is 1. The third kappa shape index (κ3) is 6.75. The van der Waals surface area contributed by atoms with Crippen LogP contribution in [0.2, 0.25) is 0 Å². The maximum Gasteiger partial charge on any atom is 0.269 e. The largest absolute Gasteiger partial charge is 0.293 e. The average molecular weight is 474 g/mol. The number of rotatable bonds is 8. The number of hydrogen-bond acceptors (Lipinski definition) is 6. The minimum Gasteiger partial charge on any atom is -0.293 e. The van der Waals surface area contributed by atoms with E-state index in [0.29, 0.717) is 34.2 Å². The number of nitrogens with zero attached hydrogens (tertiary/aromatic N) is 1. The maximum atomic E-state index is 12.5. The van der Waals surface area contributed by atoms with Crippen LogP contribution in [0.5, 0.6) is 0 Å². The number of hydrogen-bond donors (Lipinski definition) is 2. The fraction of sp³-hybridized carbons (Fsp3) is 0.273. The molecule has 0 atom stereocenters. The summed E-state index contributed by atoms with van der Waals surface area (Å²) in [6, 6.07) is 11.0. The molecule has 0 bridgehead atoms. The topological polar surface area (TPSA) is 78.5 Å². The van der Waals surface area contributed by atoms with E-state index in [1.807, 2.05) is 42.6 Å². The van der Waals surface area contributed by atoms with Crippen LogP contribution in [0.25, 0.3) is 6.08 Å². The summed E-state index contributed by atoms with van der Waals surface area (Å²) in [4.78, 5) is 39.8. The molecule has 9 heteroatoms. The fourth-order valence-corrected chi connectivity index (χ4v) is 4.93. The summed E-state index contributed by atoms with van der Waals surface area (Å²) in [5.41, 5.74) is 6.41. The van der Waals surface area contributed by atoms with Crippen molar-refractivity contribution in [1.82, 2.24) is 15.8 Å². The number of unbranched alkanes of at least 4 members (excludes halogenated alkanes) is 2. The molecule has 0 aliphatic carbocycles. The van der Waals surface area contributed by atoms with Gasteiger partial charge in [-0.1, -0.05) is 54.2 Å². The van der Waals surface area contributed by atoms with Crippen molar-refractivity contribution < 1.29 is 14.4 Å². The number of nitrogens with one attached hydrogen (secondary N) is 2. The van der Waals surface area contributed by atoms with Gasteiger partial charge in [0.2, 0.25) is 5.91 Å². The first kappa shape index (κ1) is 23.2. The predicted molar refractivity (Wildman–Crippen MR) is 129 cm³/mol. The molecule has 162 valence electrons. The number of benzene rings is 1. The Morgan fingerprint density at radius 3 is 2.58 bits per heavy atom. The van der Waals surface area contributed by atoms with Gasteiger partial charge in [-0.25, -0.2) is 0 Å². The van der Waals surface area contributed by atoms with E-state index in [0.717, 1.165) is 23.3 Å². The predicted octanol–water partition coefficient (Wildman–Crippen LogP) is 4.28. The summed E-state index contributed by atoms with van der Waals surface area (Å²) in [5, 5.41) is 1.97. The van der Waals surface area contributed by atoms with Crippen molar-refractivity contribution in [3.8, 4) is 0 Å². The van der Waals surface area contributed by atoms with E-state index >= 15 is 0 Å². The van der Waals surface area contributed by atoms with Gasteiger partial charge >= 0.3 is 0 Å². The fourth-order valence-electron chi connectivity index (χ4n) is 2.89. The minimum absolute atomic E-state index is 0.0556. The monoisotopic (exact) mass is 473 g/mol. The van der Waals surface area contributed by atoms with Crippen molar-refractivity contribution in [3.05, 3.63) is 62.7 Å². The Bertz CT molecular complexity index is 985. The average Bonchev–Trinajstić information content (AvgIpc) is 3.35. The number of thiocarbonyl (C=S) groups is 1. The molecule has 0 unspecified atom stereocenters. The lowest BCUT2D eigenvalue weighted by Crippen LogP contribution is -2.41. The van der Waals surface area contributed by atoms with Gasteiger partial charge in [0, 0.05) is 23.4 Å². The second-order valence-corrected chi connectivity index (χ2v) is 9.68. The van der Waals surface area contributed by atoms with Crippen LogP contribution >= 0.6 is 35.3 Å². The molecule has 1 aliphatic rings. The van der Waals surface area contributed by atoms with Crippen LogP contribution in [0.1, 0.15) is 46.5 Å². The van der Waals surface area contributed by atoms with Gasteiger partial charge in [-0.15, -0.1) is 11.3 Å². The summed E-state index contributed by atoms with van der Waals surface area (Å²) in [6.45, 7) is 2.48. The molecule has 2 heterocycles. The summed E-state index contributed by atoms with van der Waals surface area (Å²) in [6.07, 6.45) is 4.36. The van der Waals surface area contributed by atoms with Gasteiger partial charge in [-0.05, 0) is 49.4 Å². The zero-order valence-corrected chi connectivity index (χ0v) is 19.5. The molecule has 0 radical (unpaired) electrons. The summed E-state index contributed by atoms with van der Waals surface area (Å²) >= 11 is 8.25. The second-order valence-electron chi connectivity index (χ2n) is 7.03. The van der Waals surface area contributed by atoms with Crippen molar-refractivity contribution in [2.45, 2.75) is 32.6 Å². The Hall–Kier alpha value is -2.49. The van der Waals surface area contributed by atoms with E-state index in [1.54, 1.807) is 28.4 Å². The highest BCUT2D eigenvalue weighted by atomic mass is 32.2. The molecule has 0 saturated carbocycles. The van der Waals surface area contributed by atoms with E-state index in [2.05, 4.69) is 10.9 Å². The Balaban J connectivity index is 1.33. The lowest BCUT2D eigenvalue weighted by atomic mass is 10.1. The molecule has 6 nitrogen and oxygen atoms in total. The molecular weight excluding hydrogens is 450 g/mol. The lowest BCUT2D eigenvalue weighted by molar-refractivity contribution is -0.123. The van der Waals surface area contributed by atoms with Gasteiger partial charge in [0.1, 0.15) is 4.32 Å². The van der Waals surface area contributed by atoms with E-state index < -0.39 is 0 Å². The molecule has 2 N–H and O–H groups in total. The molecule has 1 saturated heterocycles. The molecule has 1 aliphatic heterocycles. The van der Waals surface area contributed by atoms with Crippen LogP contribution in [0, 0.1) is 6.92 Å². The first-order valence-electron chi connectivity index (χ1n) is 9.89. The smallest absolute Gasteiger partial charge is 0.269 e. The van der Waals surface area contributed by atoms with Crippen LogP contribution < -0.4 is 10.9 Å². The first-order chi connectivity index (χ1) is 14.9. The maximum absolute atomic E-state index is 12.5. The molecule has 2 aromatic rings. The molecule has 3 amide bonds. The van der Waals surface area contributed by atoms with Crippen LogP contribution in [0.4, 0.5) is 0 Å². The summed E-state index contributed by atoms with van der Waals surface area (Å²) in [7, 11) is 0. The highest BCUT2D eigenvalue weighted by molar-refractivity contribution is 8.26. The van der Waals surface area contributed by atoms with Crippen molar-refractivity contribution in [3.63, 3.8) is 0 Å². The molecule has 1 aromatic carbocycles. The number of amides is 3. The van der Waals surface area contributed by atoms with Gasteiger partial charge in [0.05, 0.1) is 4.91 Å². The standard InChI is InChI=1S/C22H23N3O3S3/c1-15-8-10-16(11-9-15)20(27)24-23-19(26)7-3-2-4-12-25-21(28)18(31-22(25)29)14-17-6-5-13-30-17/h5-6,8-11,13-14H,2-4,7,12H2,1H3,(H,23,26)(H,24,27)/b18-14+. The van der Waals surface area contributed by atoms with Crippen LogP contribution in [0.3, 0.4) is 0 Å². The van der Waals surface area contributed by atoms with Gasteiger partial charge in [-0.3, -0.25) is 30.1 Å². The number of thiophene rings is 1. The number of carbonyl (C=O) groups excluding carboxylic acids is 3. The molecule has 1 fully saturated rings. The minimum atomic E-state index is -0.349. The van der Waals surface area contributed by atoms with Crippen molar-refractivity contribution >= 4 is 63.4 Å². The van der Waals surface area contributed by atoms with Crippen molar-refractivity contribution in [2.24, 2.45) is 0 Å². The van der Waals surface area contributed by atoms with E-state index in [4.69, 9.17) is 12.2 Å². The van der Waals surface area contributed by atoms with E-state index in [9.17, 15) is 14.4 Å². The Kier molecular flexibility index (Phi) is 8.39. The number of hydrazine groups is 1. The van der Waals surface area contributed by atoms with Gasteiger partial charge in [-0.2, -0.15) is 0 Å². The Labute approximate surface area is 195 Å².